The maximum atomic E-state index is 11.1. The highest BCUT2D eigenvalue weighted by molar-refractivity contribution is 7.80. The lowest BCUT2D eigenvalue weighted by Gasteiger charge is -2.61. The maximum absolute atomic E-state index is 11.1. The monoisotopic (exact) mass is 490 g/mol. The Kier molecular flexibility index (Phi) is 7.58. The molecule has 34 heavy (non-hydrogen) atoms. The van der Waals surface area contributed by atoms with Gasteiger partial charge in [0, 0.05) is 23.9 Å². The standard InChI is InChI=1S/C20H33N3O4S.C5H5N/c1-19-9-7-15(27-28(24,25)26)11-13(19)3-5-16-17-6-4-14(12-22-23-21)20(17,2)10-8-18(16)19;1-2-4-6-5-3-1/h13-18H,3-12H2,1-2H3,(H,24,25,26);1-5H/t13-,14-,15?,16?,17?,18?,19+,20-;/m1./s1. The van der Waals surface area contributed by atoms with Gasteiger partial charge in [-0.15, -0.1) is 0 Å². The summed E-state index contributed by atoms with van der Waals surface area (Å²) >= 11 is 0. The number of aromatic nitrogens is 1. The number of hydrogen-bond acceptors (Lipinski definition) is 5. The zero-order valence-corrected chi connectivity index (χ0v) is 21.1. The molecule has 4 aliphatic rings. The van der Waals surface area contributed by atoms with Crippen LogP contribution in [0.25, 0.3) is 10.4 Å². The summed E-state index contributed by atoms with van der Waals surface area (Å²) in [7, 11) is -4.37. The first-order valence-electron chi connectivity index (χ1n) is 12.7. The lowest BCUT2D eigenvalue weighted by Crippen LogP contribution is -2.54. The van der Waals surface area contributed by atoms with Crippen molar-refractivity contribution in [3.8, 4) is 0 Å². The Morgan fingerprint density at radius 3 is 2.35 bits per heavy atom. The summed E-state index contributed by atoms with van der Waals surface area (Å²) in [5.74, 6) is 3.12. The third kappa shape index (κ3) is 5.13. The Morgan fingerprint density at radius 2 is 1.74 bits per heavy atom. The average Bonchev–Trinajstić information content (AvgIpc) is 3.15. The van der Waals surface area contributed by atoms with Crippen LogP contribution in [0.4, 0.5) is 0 Å². The fourth-order valence-corrected chi connectivity index (χ4v) is 8.85. The summed E-state index contributed by atoms with van der Waals surface area (Å²) in [4.78, 5) is 6.78. The first kappa shape index (κ1) is 25.4. The molecule has 188 valence electrons. The van der Waals surface area contributed by atoms with Crippen molar-refractivity contribution < 1.29 is 17.2 Å². The maximum Gasteiger partial charge on any atom is 0.397 e. The van der Waals surface area contributed by atoms with E-state index < -0.39 is 10.4 Å². The number of azide groups is 1. The molecule has 1 heterocycles. The summed E-state index contributed by atoms with van der Waals surface area (Å²) in [5.41, 5.74) is 9.28. The number of rotatable bonds is 4. The Labute approximate surface area is 203 Å². The van der Waals surface area contributed by atoms with Crippen molar-refractivity contribution in [3.63, 3.8) is 0 Å². The van der Waals surface area contributed by atoms with Crippen molar-refractivity contribution in [2.75, 3.05) is 6.54 Å². The SMILES string of the molecule is C[C@]12CCC3C(CC[C@@H]4CC(OS(=O)(=O)O)CC[C@]34C)C1CC[C@@H]2CN=[N+]=[N-].c1ccncc1. The van der Waals surface area contributed by atoms with E-state index in [9.17, 15) is 8.42 Å². The van der Waals surface area contributed by atoms with Crippen LogP contribution >= 0.6 is 0 Å². The van der Waals surface area contributed by atoms with E-state index in [1.54, 1.807) is 12.4 Å². The first-order chi connectivity index (χ1) is 16.2. The molecule has 9 heteroatoms. The molecule has 0 aliphatic heterocycles. The molecular formula is C25H38N4O4S. The number of pyridine rings is 1. The topological polar surface area (TPSA) is 125 Å². The van der Waals surface area contributed by atoms with Gasteiger partial charge in [0.2, 0.25) is 0 Å². The second kappa shape index (κ2) is 10.1. The summed E-state index contributed by atoms with van der Waals surface area (Å²) in [6.07, 6.45) is 12.7. The molecule has 5 rings (SSSR count). The zero-order valence-electron chi connectivity index (χ0n) is 20.3. The Hall–Kier alpha value is -1.67. The van der Waals surface area contributed by atoms with E-state index in [1.165, 1.54) is 32.1 Å². The third-order valence-electron chi connectivity index (χ3n) is 10.0. The van der Waals surface area contributed by atoms with Crippen LogP contribution in [0.2, 0.25) is 0 Å². The molecular weight excluding hydrogens is 452 g/mol. The molecule has 0 amide bonds. The number of fused-ring (bicyclic) bond motifs is 5. The normalized spacial score (nSPS) is 41.0. The van der Waals surface area contributed by atoms with Gasteiger partial charge in [0.15, 0.2) is 0 Å². The summed E-state index contributed by atoms with van der Waals surface area (Å²) in [6.45, 7) is 5.49. The van der Waals surface area contributed by atoms with Crippen LogP contribution in [0.3, 0.4) is 0 Å². The van der Waals surface area contributed by atoms with Gasteiger partial charge in [-0.05, 0) is 116 Å². The Balaban J connectivity index is 0.000000398. The van der Waals surface area contributed by atoms with Crippen LogP contribution in [-0.2, 0) is 14.6 Å². The van der Waals surface area contributed by atoms with E-state index in [-0.39, 0.29) is 11.5 Å². The van der Waals surface area contributed by atoms with Crippen LogP contribution in [0.5, 0.6) is 0 Å². The predicted molar refractivity (Wildman–Crippen MR) is 130 cm³/mol. The molecule has 4 saturated carbocycles. The van der Waals surface area contributed by atoms with Gasteiger partial charge >= 0.3 is 10.4 Å². The van der Waals surface area contributed by atoms with Gasteiger partial charge in [-0.1, -0.05) is 25.0 Å². The van der Waals surface area contributed by atoms with Crippen LogP contribution in [0.15, 0.2) is 35.7 Å². The molecule has 4 fully saturated rings. The van der Waals surface area contributed by atoms with Crippen molar-refractivity contribution in [2.24, 2.45) is 45.5 Å². The van der Waals surface area contributed by atoms with Gasteiger partial charge in [0.1, 0.15) is 0 Å². The lowest BCUT2D eigenvalue weighted by molar-refractivity contribution is -0.123. The smallest absolute Gasteiger partial charge is 0.265 e. The van der Waals surface area contributed by atoms with Gasteiger partial charge in [0.25, 0.3) is 0 Å². The van der Waals surface area contributed by atoms with E-state index in [0.29, 0.717) is 36.1 Å². The fraction of sp³-hybridized carbons (Fsp3) is 0.800. The molecule has 0 saturated heterocycles. The molecule has 0 radical (unpaired) electrons. The molecule has 0 aromatic carbocycles. The predicted octanol–water partition coefficient (Wildman–Crippen LogP) is 6.23. The van der Waals surface area contributed by atoms with Gasteiger partial charge in [-0.3, -0.25) is 9.54 Å². The van der Waals surface area contributed by atoms with Gasteiger partial charge in [0.05, 0.1) is 6.10 Å². The molecule has 4 unspecified atom stereocenters. The molecule has 8 atom stereocenters. The Morgan fingerprint density at radius 1 is 1.03 bits per heavy atom. The van der Waals surface area contributed by atoms with Crippen LogP contribution < -0.4 is 0 Å². The van der Waals surface area contributed by atoms with E-state index in [4.69, 9.17) is 14.3 Å². The van der Waals surface area contributed by atoms with Crippen LogP contribution in [0.1, 0.15) is 71.6 Å². The second-order valence-corrected chi connectivity index (χ2v) is 12.4. The van der Waals surface area contributed by atoms with E-state index in [1.807, 2.05) is 18.2 Å². The molecule has 8 nitrogen and oxygen atoms in total. The van der Waals surface area contributed by atoms with Crippen molar-refractivity contribution in [1.29, 1.82) is 0 Å². The third-order valence-corrected chi connectivity index (χ3v) is 10.5. The molecule has 1 aromatic heterocycles. The molecule has 0 spiro atoms. The Bertz CT molecular complexity index is 959. The van der Waals surface area contributed by atoms with Gasteiger partial charge < -0.3 is 0 Å². The molecule has 1 N–H and O–H groups in total. The zero-order chi connectivity index (χ0) is 24.4. The minimum Gasteiger partial charge on any atom is -0.265 e. The summed E-state index contributed by atoms with van der Waals surface area (Å²) in [5, 5.41) is 3.91. The van der Waals surface area contributed by atoms with Gasteiger partial charge in [-0.25, -0.2) is 4.18 Å². The molecule has 1 aromatic rings. The van der Waals surface area contributed by atoms with E-state index in [2.05, 4.69) is 28.9 Å². The minimum absolute atomic E-state index is 0.242. The summed E-state index contributed by atoms with van der Waals surface area (Å²) in [6, 6.07) is 5.72. The minimum atomic E-state index is -4.37. The van der Waals surface area contributed by atoms with Crippen LogP contribution in [0, 0.1) is 40.4 Å². The van der Waals surface area contributed by atoms with Crippen molar-refractivity contribution in [1.82, 2.24) is 4.98 Å². The fourth-order valence-electron chi connectivity index (χ4n) is 8.33. The van der Waals surface area contributed by atoms with Crippen molar-refractivity contribution in [2.45, 2.75) is 77.7 Å². The van der Waals surface area contributed by atoms with Crippen LogP contribution in [-0.4, -0.2) is 30.6 Å². The first-order valence-corrected chi connectivity index (χ1v) is 14.1. The second-order valence-electron chi connectivity index (χ2n) is 11.3. The largest absolute Gasteiger partial charge is 0.397 e. The highest BCUT2D eigenvalue weighted by Gasteiger charge is 2.60. The average molecular weight is 491 g/mol. The van der Waals surface area contributed by atoms with Crippen molar-refractivity contribution in [3.05, 3.63) is 41.0 Å². The quantitative estimate of drug-likeness (QED) is 0.232. The lowest BCUT2D eigenvalue weighted by atomic mass is 9.44. The molecule has 0 bridgehead atoms. The number of nitrogens with zero attached hydrogens (tertiary/aromatic N) is 4. The van der Waals surface area contributed by atoms with E-state index in [0.717, 1.165) is 31.1 Å². The van der Waals surface area contributed by atoms with Crippen molar-refractivity contribution >= 4 is 10.4 Å². The van der Waals surface area contributed by atoms with Gasteiger partial charge in [-0.2, -0.15) is 8.42 Å². The molecule has 4 aliphatic carbocycles. The van der Waals surface area contributed by atoms with E-state index >= 15 is 0 Å². The number of hydrogen-bond donors (Lipinski definition) is 1. The highest BCUT2D eigenvalue weighted by atomic mass is 32.3. The summed E-state index contributed by atoms with van der Waals surface area (Å²) < 4.78 is 36.3. The highest BCUT2D eigenvalue weighted by Crippen LogP contribution is 2.67.